The van der Waals surface area contributed by atoms with Gasteiger partial charge in [0.25, 0.3) is 5.78 Å². The highest BCUT2D eigenvalue weighted by molar-refractivity contribution is 7.17. The predicted octanol–water partition coefficient (Wildman–Crippen LogP) is 4.57. The Morgan fingerprint density at radius 1 is 1.09 bits per heavy atom. The molecule has 0 saturated carbocycles. The van der Waals surface area contributed by atoms with Gasteiger partial charge in [0.05, 0.1) is 31.0 Å². The number of amides is 1. The molecule has 1 unspecified atom stereocenters. The molecule has 1 aromatic heterocycles. The summed E-state index contributed by atoms with van der Waals surface area (Å²) in [5, 5.41) is 11.4. The lowest BCUT2D eigenvalue weighted by Crippen LogP contribution is -2.29. The van der Waals surface area contributed by atoms with Gasteiger partial charge in [-0.3, -0.25) is 14.5 Å². The van der Waals surface area contributed by atoms with Crippen LogP contribution in [0.5, 0.6) is 5.75 Å². The molecule has 4 rings (SSSR count). The molecule has 1 saturated heterocycles. The van der Waals surface area contributed by atoms with Crippen molar-refractivity contribution >= 4 is 39.9 Å². The van der Waals surface area contributed by atoms with E-state index in [-0.39, 0.29) is 21.3 Å². The molecule has 1 amide bonds. The van der Waals surface area contributed by atoms with Gasteiger partial charge in [0.1, 0.15) is 16.4 Å². The number of thiazole rings is 1. The number of anilines is 1. The van der Waals surface area contributed by atoms with Crippen molar-refractivity contribution in [2.45, 2.75) is 26.8 Å². The fourth-order valence-electron chi connectivity index (χ4n) is 3.89. The molecule has 1 fully saturated rings. The number of aryl methyl sites for hydroxylation is 2. The highest BCUT2D eigenvalue weighted by atomic mass is 32.1. The number of aromatic nitrogens is 1. The lowest BCUT2D eigenvalue weighted by Gasteiger charge is -2.23. The van der Waals surface area contributed by atoms with Crippen LogP contribution < -0.4 is 9.64 Å². The summed E-state index contributed by atoms with van der Waals surface area (Å²) in [5.74, 6) is -1.94. The molecule has 0 radical (unpaired) electrons. The van der Waals surface area contributed by atoms with Crippen LogP contribution in [-0.4, -0.2) is 41.5 Å². The molecule has 180 valence electrons. The maximum absolute atomic E-state index is 13.3. The molecule has 1 aliphatic heterocycles. The first-order valence-corrected chi connectivity index (χ1v) is 11.7. The number of carbonyl (C=O) groups excluding carboxylic acids is 3. The largest absolute Gasteiger partial charge is 0.507 e. The number of Topliss-reactive ketones (excluding diaryl/α,β-unsaturated/α-hetero) is 1. The van der Waals surface area contributed by atoms with Crippen molar-refractivity contribution in [2.75, 3.05) is 18.6 Å². The number of aliphatic hydroxyl groups excluding tert-OH is 1. The molecule has 1 aliphatic rings. The average molecular weight is 493 g/mol. The van der Waals surface area contributed by atoms with Crippen molar-refractivity contribution in [1.29, 1.82) is 0 Å². The zero-order chi connectivity index (χ0) is 25.3. The van der Waals surface area contributed by atoms with Crippen molar-refractivity contribution < 1.29 is 29.0 Å². The zero-order valence-corrected chi connectivity index (χ0v) is 20.5. The molecule has 1 N–H and O–H groups in total. The fourth-order valence-corrected chi connectivity index (χ4v) is 4.90. The second kappa shape index (κ2) is 9.71. The number of benzene rings is 2. The smallest absolute Gasteiger partial charge is 0.350 e. The van der Waals surface area contributed by atoms with E-state index in [0.29, 0.717) is 29.2 Å². The van der Waals surface area contributed by atoms with E-state index in [1.54, 1.807) is 43.3 Å². The van der Waals surface area contributed by atoms with Crippen LogP contribution in [-0.2, 0) is 14.3 Å². The SMILES string of the molecule is CCOc1ccc(/C(O)=C2/C(=O)C(=O)N(c3nc(C)c(C(=O)OC)s3)C2c2ccc(C)cc2)cc1. The van der Waals surface area contributed by atoms with Crippen LogP contribution >= 0.6 is 11.3 Å². The number of hydrogen-bond acceptors (Lipinski definition) is 8. The Kier molecular flexibility index (Phi) is 6.70. The van der Waals surface area contributed by atoms with E-state index in [9.17, 15) is 19.5 Å². The van der Waals surface area contributed by atoms with Crippen LogP contribution in [0, 0.1) is 13.8 Å². The Hall–Kier alpha value is -3.98. The summed E-state index contributed by atoms with van der Waals surface area (Å²) in [6.45, 7) is 5.91. The number of hydrogen-bond donors (Lipinski definition) is 1. The van der Waals surface area contributed by atoms with Gasteiger partial charge in [-0.2, -0.15) is 0 Å². The second-order valence-electron chi connectivity index (χ2n) is 7.94. The number of rotatable bonds is 6. The Morgan fingerprint density at radius 3 is 2.34 bits per heavy atom. The van der Waals surface area contributed by atoms with E-state index >= 15 is 0 Å². The molecule has 1 atom stereocenters. The summed E-state index contributed by atoms with van der Waals surface area (Å²) in [5.41, 5.74) is 2.31. The molecule has 9 heteroatoms. The van der Waals surface area contributed by atoms with Gasteiger partial charge in [-0.05, 0) is 50.6 Å². The predicted molar refractivity (Wildman–Crippen MR) is 132 cm³/mol. The molecule has 0 aliphatic carbocycles. The summed E-state index contributed by atoms with van der Waals surface area (Å²) in [4.78, 5) is 44.5. The first-order valence-electron chi connectivity index (χ1n) is 10.9. The standard InChI is InChI=1S/C26H24N2O6S/c1-5-34-18-12-10-17(11-13-18)21(29)19-20(16-8-6-14(2)7-9-16)28(24(31)22(19)30)26-27-15(3)23(35-26)25(32)33-4/h6-13,20,29H,5H2,1-4H3/b21-19-. The number of carbonyl (C=O) groups is 3. The molecule has 0 bridgehead atoms. The minimum absolute atomic E-state index is 0.0597. The summed E-state index contributed by atoms with van der Waals surface area (Å²) >= 11 is 0.960. The normalized spacial score (nSPS) is 17.0. The van der Waals surface area contributed by atoms with E-state index < -0.39 is 23.7 Å². The highest BCUT2D eigenvalue weighted by Crippen LogP contribution is 2.44. The Morgan fingerprint density at radius 2 is 1.74 bits per heavy atom. The van der Waals surface area contributed by atoms with Crippen LogP contribution in [0.2, 0.25) is 0 Å². The second-order valence-corrected chi connectivity index (χ2v) is 8.92. The van der Waals surface area contributed by atoms with Crippen molar-refractivity contribution in [2.24, 2.45) is 0 Å². The Balaban J connectivity index is 1.89. The van der Waals surface area contributed by atoms with E-state index in [4.69, 9.17) is 9.47 Å². The van der Waals surface area contributed by atoms with Crippen LogP contribution in [0.1, 0.15) is 45.0 Å². The Bertz CT molecular complexity index is 1320. The first-order chi connectivity index (χ1) is 16.8. The molecule has 35 heavy (non-hydrogen) atoms. The maximum atomic E-state index is 13.3. The van der Waals surface area contributed by atoms with Gasteiger partial charge in [-0.25, -0.2) is 9.78 Å². The van der Waals surface area contributed by atoms with Crippen LogP contribution in [0.15, 0.2) is 54.1 Å². The molecule has 2 aromatic carbocycles. The number of ketones is 1. The number of ether oxygens (including phenoxy) is 2. The molecule has 3 aromatic rings. The third-order valence-corrected chi connectivity index (χ3v) is 6.78. The first kappa shape index (κ1) is 24.2. The van der Waals surface area contributed by atoms with Gasteiger partial charge < -0.3 is 14.6 Å². The van der Waals surface area contributed by atoms with E-state index in [1.807, 2.05) is 26.0 Å². The van der Waals surface area contributed by atoms with Gasteiger partial charge in [0, 0.05) is 5.56 Å². The summed E-state index contributed by atoms with van der Waals surface area (Å²) in [6, 6.07) is 13.0. The van der Waals surface area contributed by atoms with Gasteiger partial charge in [-0.1, -0.05) is 41.2 Å². The van der Waals surface area contributed by atoms with Crippen molar-refractivity contribution in [3.05, 3.63) is 81.4 Å². The quantitative estimate of drug-likeness (QED) is 0.232. The summed E-state index contributed by atoms with van der Waals surface area (Å²) < 4.78 is 10.3. The van der Waals surface area contributed by atoms with Crippen LogP contribution in [0.4, 0.5) is 5.13 Å². The number of aliphatic hydroxyl groups is 1. The van der Waals surface area contributed by atoms with Crippen molar-refractivity contribution in [3.63, 3.8) is 0 Å². The fraction of sp³-hybridized carbons (Fsp3) is 0.231. The molecular formula is C26H24N2O6S. The number of nitrogens with zero attached hydrogens (tertiary/aromatic N) is 2. The number of esters is 1. The maximum Gasteiger partial charge on any atom is 0.350 e. The average Bonchev–Trinajstić information content (AvgIpc) is 3.36. The van der Waals surface area contributed by atoms with E-state index in [0.717, 1.165) is 16.9 Å². The van der Waals surface area contributed by atoms with Gasteiger partial charge >= 0.3 is 11.9 Å². The third kappa shape index (κ3) is 4.42. The lowest BCUT2D eigenvalue weighted by atomic mass is 9.95. The van der Waals surface area contributed by atoms with Gasteiger partial charge in [0.2, 0.25) is 0 Å². The van der Waals surface area contributed by atoms with Crippen LogP contribution in [0.25, 0.3) is 5.76 Å². The summed E-state index contributed by atoms with van der Waals surface area (Å²) in [7, 11) is 1.26. The third-order valence-electron chi connectivity index (χ3n) is 5.64. The monoisotopic (exact) mass is 492 g/mol. The Labute approximate surface area is 206 Å². The van der Waals surface area contributed by atoms with Crippen molar-refractivity contribution in [1.82, 2.24) is 4.98 Å². The number of methoxy groups -OCH3 is 1. The van der Waals surface area contributed by atoms with Gasteiger partial charge in [0.15, 0.2) is 5.13 Å². The molecular weight excluding hydrogens is 468 g/mol. The molecule has 2 heterocycles. The van der Waals surface area contributed by atoms with E-state index in [1.165, 1.54) is 12.0 Å². The minimum atomic E-state index is -0.932. The topological polar surface area (TPSA) is 106 Å². The van der Waals surface area contributed by atoms with Crippen LogP contribution in [0.3, 0.4) is 0 Å². The zero-order valence-electron chi connectivity index (χ0n) is 19.7. The lowest BCUT2D eigenvalue weighted by molar-refractivity contribution is -0.132. The molecule has 8 nitrogen and oxygen atoms in total. The molecule has 0 spiro atoms. The van der Waals surface area contributed by atoms with Crippen molar-refractivity contribution in [3.8, 4) is 5.75 Å². The van der Waals surface area contributed by atoms with E-state index in [2.05, 4.69) is 4.98 Å². The minimum Gasteiger partial charge on any atom is -0.507 e. The van der Waals surface area contributed by atoms with Gasteiger partial charge in [-0.15, -0.1) is 0 Å². The highest BCUT2D eigenvalue weighted by Gasteiger charge is 2.48. The summed E-state index contributed by atoms with van der Waals surface area (Å²) in [6.07, 6.45) is 0.